The molecule has 3 aromatic rings. The second kappa shape index (κ2) is 7.72. The van der Waals surface area contributed by atoms with Crippen molar-refractivity contribution in [1.82, 2.24) is 4.90 Å². The van der Waals surface area contributed by atoms with E-state index < -0.39 is 0 Å². The predicted octanol–water partition coefficient (Wildman–Crippen LogP) is 4.54. The number of fused-ring (bicyclic) bond motifs is 1. The number of nitrogens with zero attached hydrogens (tertiary/aromatic N) is 1. The summed E-state index contributed by atoms with van der Waals surface area (Å²) in [6.45, 7) is 2.14. The van der Waals surface area contributed by atoms with Gasteiger partial charge in [-0.05, 0) is 17.7 Å². The summed E-state index contributed by atoms with van der Waals surface area (Å²) >= 11 is 0. The standard InChI is InChI=1S/C23H23NO3/c1-26-20-12-11-18(21(25)13-20)14-24-15-19-9-5-6-10-22(19)27-23(16-24)17-7-3-2-4-8-17/h2-13,23,25H,14-16H2,1H3/t23-/m0/s1. The van der Waals surface area contributed by atoms with Gasteiger partial charge in [-0.3, -0.25) is 4.90 Å². The van der Waals surface area contributed by atoms with Crippen LogP contribution in [0.4, 0.5) is 0 Å². The van der Waals surface area contributed by atoms with Crippen molar-refractivity contribution in [2.45, 2.75) is 19.2 Å². The maximum Gasteiger partial charge on any atom is 0.136 e. The maximum atomic E-state index is 10.4. The van der Waals surface area contributed by atoms with Gasteiger partial charge < -0.3 is 14.6 Å². The maximum absolute atomic E-state index is 10.4. The summed E-state index contributed by atoms with van der Waals surface area (Å²) in [6.07, 6.45) is -0.0600. The van der Waals surface area contributed by atoms with Gasteiger partial charge >= 0.3 is 0 Å². The van der Waals surface area contributed by atoms with Crippen molar-refractivity contribution >= 4 is 0 Å². The van der Waals surface area contributed by atoms with E-state index in [2.05, 4.69) is 23.1 Å². The Morgan fingerprint density at radius 3 is 2.59 bits per heavy atom. The Balaban J connectivity index is 1.63. The lowest BCUT2D eigenvalue weighted by atomic mass is 10.1. The average molecular weight is 361 g/mol. The lowest BCUT2D eigenvalue weighted by Crippen LogP contribution is -2.27. The molecule has 1 aliphatic rings. The zero-order valence-corrected chi connectivity index (χ0v) is 15.3. The fourth-order valence-corrected chi connectivity index (χ4v) is 3.49. The molecule has 3 aromatic carbocycles. The number of rotatable bonds is 4. The van der Waals surface area contributed by atoms with Gasteiger partial charge in [-0.15, -0.1) is 0 Å². The summed E-state index contributed by atoms with van der Waals surface area (Å²) < 4.78 is 11.5. The highest BCUT2D eigenvalue weighted by Crippen LogP contribution is 2.33. The van der Waals surface area contributed by atoms with E-state index in [1.165, 1.54) is 0 Å². The third-order valence-electron chi connectivity index (χ3n) is 4.92. The Hall–Kier alpha value is -2.98. The minimum absolute atomic E-state index is 0.0600. The van der Waals surface area contributed by atoms with Crippen LogP contribution in [0.15, 0.2) is 72.8 Å². The van der Waals surface area contributed by atoms with Crippen LogP contribution >= 0.6 is 0 Å². The molecule has 27 heavy (non-hydrogen) atoms. The molecule has 0 saturated heterocycles. The van der Waals surface area contributed by atoms with Crippen LogP contribution < -0.4 is 9.47 Å². The van der Waals surface area contributed by atoms with E-state index in [1.54, 1.807) is 13.2 Å². The third-order valence-corrected chi connectivity index (χ3v) is 4.92. The summed E-state index contributed by atoms with van der Waals surface area (Å²) in [4.78, 5) is 2.31. The van der Waals surface area contributed by atoms with Crippen LogP contribution in [-0.4, -0.2) is 23.7 Å². The van der Waals surface area contributed by atoms with Gasteiger partial charge in [0, 0.05) is 36.8 Å². The van der Waals surface area contributed by atoms with Gasteiger partial charge in [-0.2, -0.15) is 0 Å². The molecular weight excluding hydrogens is 338 g/mol. The summed E-state index contributed by atoms with van der Waals surface area (Å²) in [5.74, 6) is 1.83. The Morgan fingerprint density at radius 1 is 1.04 bits per heavy atom. The van der Waals surface area contributed by atoms with Gasteiger partial charge in [-0.1, -0.05) is 54.6 Å². The zero-order chi connectivity index (χ0) is 18.6. The second-order valence-corrected chi connectivity index (χ2v) is 6.79. The van der Waals surface area contributed by atoms with Crippen molar-refractivity contribution in [1.29, 1.82) is 0 Å². The Morgan fingerprint density at radius 2 is 1.81 bits per heavy atom. The highest BCUT2D eigenvalue weighted by atomic mass is 16.5. The monoisotopic (exact) mass is 361 g/mol. The van der Waals surface area contributed by atoms with Crippen molar-refractivity contribution in [3.8, 4) is 17.2 Å². The number of methoxy groups -OCH3 is 1. The molecule has 1 heterocycles. The van der Waals surface area contributed by atoms with E-state index in [0.717, 1.165) is 35.5 Å². The molecule has 1 atom stereocenters. The molecule has 1 N–H and O–H groups in total. The Labute approximate surface area is 159 Å². The summed E-state index contributed by atoms with van der Waals surface area (Å²) in [5.41, 5.74) is 3.18. The second-order valence-electron chi connectivity index (χ2n) is 6.79. The third kappa shape index (κ3) is 3.91. The van der Waals surface area contributed by atoms with Crippen molar-refractivity contribution in [2.24, 2.45) is 0 Å². The fraction of sp³-hybridized carbons (Fsp3) is 0.217. The number of ether oxygens (including phenoxy) is 2. The predicted molar refractivity (Wildman–Crippen MR) is 105 cm³/mol. The van der Waals surface area contributed by atoms with Gasteiger partial charge in [0.25, 0.3) is 0 Å². The molecule has 0 spiro atoms. The van der Waals surface area contributed by atoms with Crippen LogP contribution in [0, 0.1) is 0 Å². The van der Waals surface area contributed by atoms with Gasteiger partial charge in [0.1, 0.15) is 23.4 Å². The molecule has 0 aliphatic carbocycles. The molecule has 0 radical (unpaired) electrons. The number of hydrogen-bond acceptors (Lipinski definition) is 4. The van der Waals surface area contributed by atoms with Gasteiger partial charge in [0.2, 0.25) is 0 Å². The number of phenolic OH excluding ortho intramolecular Hbond substituents is 1. The zero-order valence-electron chi connectivity index (χ0n) is 15.3. The number of phenols is 1. The van der Waals surface area contributed by atoms with E-state index in [-0.39, 0.29) is 11.9 Å². The van der Waals surface area contributed by atoms with E-state index in [9.17, 15) is 5.11 Å². The molecule has 0 aromatic heterocycles. The normalized spacial score (nSPS) is 16.9. The molecule has 138 valence electrons. The van der Waals surface area contributed by atoms with Crippen molar-refractivity contribution in [3.05, 3.63) is 89.5 Å². The van der Waals surface area contributed by atoms with E-state index in [0.29, 0.717) is 12.3 Å². The summed E-state index contributed by atoms with van der Waals surface area (Å²) in [6, 6.07) is 23.9. The van der Waals surface area contributed by atoms with Crippen LogP contribution in [0.5, 0.6) is 17.2 Å². The molecule has 4 rings (SSSR count). The van der Waals surface area contributed by atoms with Crippen molar-refractivity contribution in [2.75, 3.05) is 13.7 Å². The molecule has 1 aliphatic heterocycles. The van der Waals surface area contributed by atoms with E-state index in [4.69, 9.17) is 9.47 Å². The molecular formula is C23H23NO3. The lowest BCUT2D eigenvalue weighted by Gasteiger charge is -2.24. The molecule has 0 amide bonds. The average Bonchev–Trinajstić information content (AvgIpc) is 2.89. The topological polar surface area (TPSA) is 41.9 Å². The Kier molecular flexibility index (Phi) is 4.99. The largest absolute Gasteiger partial charge is 0.507 e. The number of para-hydroxylation sites is 1. The quantitative estimate of drug-likeness (QED) is 0.741. The van der Waals surface area contributed by atoms with Crippen LogP contribution in [0.1, 0.15) is 22.8 Å². The molecule has 0 fully saturated rings. The summed E-state index contributed by atoms with van der Waals surface area (Å²) in [5, 5.41) is 10.4. The number of benzene rings is 3. The molecule has 0 saturated carbocycles. The minimum atomic E-state index is -0.0600. The first-order chi connectivity index (χ1) is 13.2. The first-order valence-corrected chi connectivity index (χ1v) is 9.10. The van der Waals surface area contributed by atoms with Gasteiger partial charge in [-0.25, -0.2) is 0 Å². The molecule has 0 bridgehead atoms. The highest BCUT2D eigenvalue weighted by molar-refractivity contribution is 5.40. The van der Waals surface area contributed by atoms with Crippen LogP contribution in [-0.2, 0) is 13.1 Å². The van der Waals surface area contributed by atoms with Crippen molar-refractivity contribution < 1.29 is 14.6 Å². The minimum Gasteiger partial charge on any atom is -0.507 e. The first kappa shape index (κ1) is 17.4. The molecule has 0 unspecified atom stereocenters. The van der Waals surface area contributed by atoms with E-state index in [1.807, 2.05) is 48.5 Å². The molecule has 4 nitrogen and oxygen atoms in total. The van der Waals surface area contributed by atoms with E-state index >= 15 is 0 Å². The fourth-order valence-electron chi connectivity index (χ4n) is 3.49. The van der Waals surface area contributed by atoms with Crippen LogP contribution in [0.25, 0.3) is 0 Å². The smallest absolute Gasteiger partial charge is 0.136 e. The highest BCUT2D eigenvalue weighted by Gasteiger charge is 2.24. The number of aromatic hydroxyl groups is 1. The SMILES string of the molecule is COc1ccc(CN2Cc3ccccc3O[C@H](c3ccccc3)C2)c(O)c1. The van der Waals surface area contributed by atoms with Crippen LogP contribution in [0.3, 0.4) is 0 Å². The van der Waals surface area contributed by atoms with Gasteiger partial charge in [0.15, 0.2) is 0 Å². The Bertz CT molecular complexity index is 911. The lowest BCUT2D eigenvalue weighted by molar-refractivity contribution is 0.143. The molecule has 4 heteroatoms. The number of hydrogen-bond donors (Lipinski definition) is 1. The van der Waals surface area contributed by atoms with Crippen LogP contribution in [0.2, 0.25) is 0 Å². The van der Waals surface area contributed by atoms with Gasteiger partial charge in [0.05, 0.1) is 7.11 Å². The first-order valence-electron chi connectivity index (χ1n) is 9.10. The summed E-state index contributed by atoms with van der Waals surface area (Å²) in [7, 11) is 1.60. The van der Waals surface area contributed by atoms with Crippen molar-refractivity contribution in [3.63, 3.8) is 0 Å².